The van der Waals surface area contributed by atoms with E-state index < -0.39 is 52.5 Å². The van der Waals surface area contributed by atoms with E-state index in [0.29, 0.717) is 36.9 Å². The number of aliphatic hydroxyl groups excluding tert-OH is 1. The van der Waals surface area contributed by atoms with E-state index in [2.05, 4.69) is 19.2 Å². The predicted octanol–water partition coefficient (Wildman–Crippen LogP) is 6.60. The van der Waals surface area contributed by atoms with Crippen LogP contribution in [-0.2, 0) is 23.6 Å². The zero-order valence-electron chi connectivity index (χ0n) is 22.8. The maximum atomic E-state index is 14.1. The second kappa shape index (κ2) is 9.51. The molecule has 0 radical (unpaired) electrons. The van der Waals surface area contributed by atoms with Crippen molar-refractivity contribution in [1.82, 2.24) is 9.88 Å². The molecule has 1 aromatic carbocycles. The number of rotatable bonds is 5. The first kappa shape index (κ1) is 29.0. The average Bonchev–Trinajstić information content (AvgIpc) is 3.56. The lowest BCUT2D eigenvalue weighted by molar-refractivity contribution is -0.141. The van der Waals surface area contributed by atoms with E-state index in [1.165, 1.54) is 10.6 Å². The number of hydrogen-bond donors (Lipinski definition) is 2. The zero-order valence-corrected chi connectivity index (χ0v) is 22.8. The molecule has 2 bridgehead atoms. The van der Waals surface area contributed by atoms with Gasteiger partial charge < -0.3 is 19.7 Å². The number of carbonyl (C=O) groups excluding carboxylic acids is 1. The van der Waals surface area contributed by atoms with Gasteiger partial charge in [0, 0.05) is 35.5 Å². The number of aliphatic hydroxyl groups is 1. The first-order valence-electron chi connectivity index (χ1n) is 13.6. The van der Waals surface area contributed by atoms with Crippen molar-refractivity contribution in [2.75, 3.05) is 6.61 Å². The SMILES string of the molecule is Cc1c(C(=O)NC2C3CCC(C)(C2O)C3(C)C)cc(-c2cc(C(F)(F)F)ccc2C(F)(F)F)n1C[C@H]1CCCO1. The molecule has 3 fully saturated rings. The van der Waals surface area contributed by atoms with Crippen LogP contribution in [0.5, 0.6) is 0 Å². The molecule has 1 saturated heterocycles. The van der Waals surface area contributed by atoms with Crippen molar-refractivity contribution < 1.29 is 41.0 Å². The molecule has 2 saturated carbocycles. The highest BCUT2D eigenvalue weighted by Crippen LogP contribution is 2.65. The van der Waals surface area contributed by atoms with E-state index >= 15 is 0 Å². The number of alkyl halides is 6. The summed E-state index contributed by atoms with van der Waals surface area (Å²) in [5.41, 5.74) is -3.51. The lowest BCUT2D eigenvalue weighted by Crippen LogP contribution is -2.49. The van der Waals surface area contributed by atoms with Gasteiger partial charge in [0.25, 0.3) is 5.91 Å². The summed E-state index contributed by atoms with van der Waals surface area (Å²) in [6.07, 6.45) is -7.93. The Morgan fingerprint density at radius 1 is 1.10 bits per heavy atom. The molecular formula is C29H34F6N2O3. The van der Waals surface area contributed by atoms with E-state index in [9.17, 15) is 36.2 Å². The molecule has 0 spiro atoms. The largest absolute Gasteiger partial charge is 0.417 e. The summed E-state index contributed by atoms with van der Waals surface area (Å²) < 4.78 is 90.1. The summed E-state index contributed by atoms with van der Waals surface area (Å²) in [4.78, 5) is 13.6. The van der Waals surface area contributed by atoms with Crippen molar-refractivity contribution in [2.24, 2.45) is 16.7 Å². The third-order valence-corrected chi connectivity index (χ3v) is 10.0. The monoisotopic (exact) mass is 572 g/mol. The van der Waals surface area contributed by atoms with Gasteiger partial charge in [-0.25, -0.2) is 0 Å². The highest BCUT2D eigenvalue weighted by atomic mass is 19.4. The van der Waals surface area contributed by atoms with E-state index in [1.807, 2.05) is 6.92 Å². The summed E-state index contributed by atoms with van der Waals surface area (Å²) in [6.45, 7) is 8.25. The highest BCUT2D eigenvalue weighted by Gasteiger charge is 2.66. The standard InChI is InChI=1S/C29H34F6N2O3/c1-15-18(25(39)36-23-21-9-10-27(4,24(23)38)26(21,2)3)13-22(37(15)14-17-6-5-11-40-17)19-12-16(28(30,31)32)7-8-20(19)29(33,34)35/h7-8,12-13,17,21,23-24,38H,5-6,9-11,14H2,1-4H3,(H,36,39)/t17-,21?,23?,24?,27?/m1/s1. The summed E-state index contributed by atoms with van der Waals surface area (Å²) in [5.74, 6) is -0.577. The number of nitrogens with zero attached hydrogens (tertiary/aromatic N) is 1. The Balaban J connectivity index is 1.59. The van der Waals surface area contributed by atoms with Gasteiger partial charge in [-0.1, -0.05) is 20.8 Å². The van der Waals surface area contributed by atoms with Gasteiger partial charge in [0.1, 0.15) is 0 Å². The number of amides is 1. The van der Waals surface area contributed by atoms with Crippen LogP contribution in [0.4, 0.5) is 26.3 Å². The highest BCUT2D eigenvalue weighted by molar-refractivity contribution is 5.97. The molecule has 1 aromatic heterocycles. The molecular weight excluding hydrogens is 538 g/mol. The molecule has 1 aliphatic heterocycles. The van der Waals surface area contributed by atoms with Crippen LogP contribution in [-0.4, -0.2) is 40.4 Å². The second-order valence-electron chi connectivity index (χ2n) is 12.3. The lowest BCUT2D eigenvalue weighted by atomic mass is 9.70. The average molecular weight is 573 g/mol. The van der Waals surface area contributed by atoms with Gasteiger partial charge in [0.15, 0.2) is 0 Å². The Bertz CT molecular complexity index is 1310. The Morgan fingerprint density at radius 2 is 1.80 bits per heavy atom. The van der Waals surface area contributed by atoms with Crippen LogP contribution in [0.2, 0.25) is 0 Å². The number of carbonyl (C=O) groups is 1. The fraction of sp³-hybridized carbons (Fsp3) is 0.621. The smallest absolute Gasteiger partial charge is 0.390 e. The molecule has 5 nitrogen and oxygen atoms in total. The van der Waals surface area contributed by atoms with Gasteiger partial charge in [0.05, 0.1) is 34.9 Å². The van der Waals surface area contributed by atoms with Crippen LogP contribution >= 0.6 is 0 Å². The quantitative estimate of drug-likeness (QED) is 0.397. The van der Waals surface area contributed by atoms with E-state index in [-0.39, 0.29) is 35.2 Å². The van der Waals surface area contributed by atoms with Gasteiger partial charge in [0.2, 0.25) is 0 Å². The Labute approximate surface area is 228 Å². The lowest BCUT2D eigenvalue weighted by Gasteiger charge is -2.37. The van der Waals surface area contributed by atoms with Crippen LogP contribution in [0.15, 0.2) is 24.3 Å². The Hall–Kier alpha value is -2.53. The van der Waals surface area contributed by atoms with E-state index in [0.717, 1.165) is 19.3 Å². The number of aromatic nitrogens is 1. The molecule has 220 valence electrons. The van der Waals surface area contributed by atoms with Crippen molar-refractivity contribution in [3.05, 3.63) is 46.6 Å². The molecule has 5 atom stereocenters. The zero-order chi connectivity index (χ0) is 29.4. The fourth-order valence-corrected chi connectivity index (χ4v) is 7.25. The Kier molecular flexibility index (Phi) is 6.89. The predicted molar refractivity (Wildman–Crippen MR) is 135 cm³/mol. The molecule has 11 heteroatoms. The van der Waals surface area contributed by atoms with Crippen molar-refractivity contribution in [1.29, 1.82) is 0 Å². The van der Waals surface area contributed by atoms with Crippen molar-refractivity contribution in [3.63, 3.8) is 0 Å². The van der Waals surface area contributed by atoms with E-state index in [1.54, 1.807) is 6.92 Å². The van der Waals surface area contributed by atoms with Crippen LogP contribution < -0.4 is 5.32 Å². The van der Waals surface area contributed by atoms with Gasteiger partial charge in [-0.05, 0) is 68.2 Å². The first-order chi connectivity index (χ1) is 18.5. The molecule has 5 rings (SSSR count). The summed E-state index contributed by atoms with van der Waals surface area (Å²) >= 11 is 0. The fourth-order valence-electron chi connectivity index (χ4n) is 7.25. The Morgan fingerprint density at radius 3 is 2.35 bits per heavy atom. The molecule has 2 aliphatic carbocycles. The minimum atomic E-state index is -4.93. The van der Waals surface area contributed by atoms with Gasteiger partial charge in [-0.15, -0.1) is 0 Å². The topological polar surface area (TPSA) is 63.5 Å². The molecule has 2 heterocycles. The van der Waals surface area contributed by atoms with Crippen LogP contribution in [0.25, 0.3) is 11.3 Å². The number of nitrogens with one attached hydrogen (secondary N) is 1. The van der Waals surface area contributed by atoms with Crippen molar-refractivity contribution in [2.45, 2.75) is 90.5 Å². The normalized spacial score (nSPS) is 29.8. The first-order valence-corrected chi connectivity index (χ1v) is 13.6. The van der Waals surface area contributed by atoms with Gasteiger partial charge in [-0.3, -0.25) is 4.79 Å². The maximum Gasteiger partial charge on any atom is 0.417 e. The minimum absolute atomic E-state index is 0.00509. The summed E-state index contributed by atoms with van der Waals surface area (Å²) in [6, 6.07) is 2.03. The third kappa shape index (κ3) is 4.53. The third-order valence-electron chi connectivity index (χ3n) is 10.0. The van der Waals surface area contributed by atoms with Crippen molar-refractivity contribution in [3.8, 4) is 11.3 Å². The number of ether oxygens (including phenoxy) is 1. The molecule has 40 heavy (non-hydrogen) atoms. The molecule has 2 aromatic rings. The molecule has 2 N–H and O–H groups in total. The molecule has 4 unspecified atom stereocenters. The number of halogens is 6. The number of fused-ring (bicyclic) bond motifs is 2. The van der Waals surface area contributed by atoms with Crippen molar-refractivity contribution >= 4 is 5.91 Å². The van der Waals surface area contributed by atoms with Gasteiger partial charge in [-0.2, -0.15) is 26.3 Å². The number of benzene rings is 1. The van der Waals surface area contributed by atoms with Crippen LogP contribution in [0, 0.1) is 23.7 Å². The maximum absolute atomic E-state index is 14.1. The van der Waals surface area contributed by atoms with Crippen LogP contribution in [0.1, 0.15) is 73.6 Å². The van der Waals surface area contributed by atoms with Gasteiger partial charge >= 0.3 is 12.4 Å². The van der Waals surface area contributed by atoms with E-state index in [4.69, 9.17) is 4.74 Å². The summed E-state index contributed by atoms with van der Waals surface area (Å²) in [5, 5.41) is 14.1. The molecule has 1 amide bonds. The van der Waals surface area contributed by atoms with Crippen LogP contribution in [0.3, 0.4) is 0 Å². The number of hydrogen-bond acceptors (Lipinski definition) is 3. The summed E-state index contributed by atoms with van der Waals surface area (Å²) in [7, 11) is 0. The molecule has 3 aliphatic rings. The second-order valence-corrected chi connectivity index (χ2v) is 12.3. The minimum Gasteiger partial charge on any atom is -0.390 e.